The molecule has 2 heterocycles. The first-order valence-corrected chi connectivity index (χ1v) is 9.41. The van der Waals surface area contributed by atoms with Gasteiger partial charge < -0.3 is 10.6 Å². The molecule has 0 bridgehead atoms. The van der Waals surface area contributed by atoms with E-state index in [0.29, 0.717) is 54.3 Å². The van der Waals surface area contributed by atoms with Gasteiger partial charge in [-0.05, 0) is 23.8 Å². The van der Waals surface area contributed by atoms with Crippen molar-refractivity contribution in [3.8, 4) is 0 Å². The van der Waals surface area contributed by atoms with Gasteiger partial charge in [0.2, 0.25) is 0 Å². The number of alkyl halides is 3. The Morgan fingerprint density at radius 1 is 1.07 bits per heavy atom. The number of hydrogen-bond donors (Lipinski definition) is 2. The highest BCUT2D eigenvalue weighted by Crippen LogP contribution is 2.35. The Bertz CT molecular complexity index is 908. The largest absolute Gasteiger partial charge is 0.416 e. The number of piperidine rings is 1. The molecule has 2 N–H and O–H groups in total. The zero-order chi connectivity index (χ0) is 19.9. The van der Waals surface area contributed by atoms with Crippen molar-refractivity contribution in [2.45, 2.75) is 31.2 Å². The zero-order valence-corrected chi connectivity index (χ0v) is 15.7. The number of likely N-dealkylation sites (tertiary alicyclic amines) is 1. The summed E-state index contributed by atoms with van der Waals surface area (Å²) < 4.78 is 38.7. The molecule has 2 aromatic rings. The van der Waals surface area contributed by atoms with Crippen LogP contribution in [0.15, 0.2) is 42.5 Å². The quantitative estimate of drug-likeness (QED) is 0.767. The van der Waals surface area contributed by atoms with E-state index in [1.807, 2.05) is 6.07 Å². The van der Waals surface area contributed by atoms with E-state index in [-0.39, 0.29) is 5.91 Å². The summed E-state index contributed by atoms with van der Waals surface area (Å²) in [6.07, 6.45) is -3.06. The van der Waals surface area contributed by atoms with Crippen LogP contribution in [0.4, 0.5) is 18.9 Å². The zero-order valence-electron chi connectivity index (χ0n) is 14.9. The molecule has 2 aromatic carbocycles. The number of anilines is 1. The molecule has 28 heavy (non-hydrogen) atoms. The molecular weight excluding hydrogens is 391 g/mol. The van der Waals surface area contributed by atoms with Crippen LogP contribution in [0, 0.1) is 0 Å². The first-order valence-electron chi connectivity index (χ1n) is 9.03. The molecule has 0 unspecified atom stereocenters. The number of carbonyl (C=O) groups is 1. The number of nitrogens with zero attached hydrogens (tertiary/aromatic N) is 1. The lowest BCUT2D eigenvalue weighted by molar-refractivity contribution is -0.137. The van der Waals surface area contributed by atoms with Crippen molar-refractivity contribution in [2.24, 2.45) is 0 Å². The van der Waals surface area contributed by atoms with E-state index in [1.165, 1.54) is 12.1 Å². The summed E-state index contributed by atoms with van der Waals surface area (Å²) in [5.41, 5.74) is 0.597. The van der Waals surface area contributed by atoms with Crippen molar-refractivity contribution in [1.29, 1.82) is 0 Å². The van der Waals surface area contributed by atoms with E-state index in [1.54, 1.807) is 18.2 Å². The highest BCUT2D eigenvalue weighted by atomic mass is 35.5. The third-order valence-corrected chi connectivity index (χ3v) is 5.65. The summed E-state index contributed by atoms with van der Waals surface area (Å²) in [6, 6.07) is 10.7. The molecule has 0 radical (unpaired) electrons. The second kappa shape index (κ2) is 6.97. The minimum atomic E-state index is -4.34. The van der Waals surface area contributed by atoms with Crippen LogP contribution >= 0.6 is 11.6 Å². The fraction of sp³-hybridized carbons (Fsp3) is 0.350. The van der Waals surface area contributed by atoms with Crippen LogP contribution in [0.5, 0.6) is 0 Å². The number of benzene rings is 2. The minimum absolute atomic E-state index is 0.203. The maximum absolute atomic E-state index is 12.9. The van der Waals surface area contributed by atoms with Crippen molar-refractivity contribution >= 4 is 23.2 Å². The smallest absolute Gasteiger partial charge is 0.362 e. The number of fused-ring (bicyclic) bond motifs is 1. The number of hydrogen-bond acceptors (Lipinski definition) is 3. The average Bonchev–Trinajstić information content (AvgIpc) is 2.63. The lowest BCUT2D eigenvalue weighted by Crippen LogP contribution is -2.62. The second-order valence-electron chi connectivity index (χ2n) is 7.30. The Morgan fingerprint density at radius 3 is 2.50 bits per heavy atom. The fourth-order valence-corrected chi connectivity index (χ4v) is 4.14. The summed E-state index contributed by atoms with van der Waals surface area (Å²) in [6.45, 7) is 1.75. The van der Waals surface area contributed by atoms with Gasteiger partial charge in [-0.25, -0.2) is 0 Å². The molecule has 4 nitrogen and oxygen atoms in total. The number of carbonyl (C=O) groups excluding carboxylic acids is 1. The molecule has 0 aliphatic carbocycles. The number of amides is 1. The maximum atomic E-state index is 12.9. The Balaban J connectivity index is 1.44. The Kier molecular flexibility index (Phi) is 4.75. The molecule has 4 rings (SSSR count). The van der Waals surface area contributed by atoms with E-state index in [0.717, 1.165) is 6.07 Å². The van der Waals surface area contributed by atoms with Crippen LogP contribution in [0.25, 0.3) is 0 Å². The van der Waals surface area contributed by atoms with Gasteiger partial charge >= 0.3 is 6.18 Å². The highest BCUT2D eigenvalue weighted by molar-refractivity contribution is 6.34. The number of halogens is 4. The van der Waals surface area contributed by atoms with Crippen molar-refractivity contribution in [2.75, 3.05) is 18.4 Å². The molecular formula is C20H19ClF3N3O. The third-order valence-electron chi connectivity index (χ3n) is 5.34. The minimum Gasteiger partial charge on any atom is -0.362 e. The number of rotatable bonds is 2. The van der Waals surface area contributed by atoms with Crippen LogP contribution < -0.4 is 10.6 Å². The third kappa shape index (κ3) is 3.69. The monoisotopic (exact) mass is 409 g/mol. The lowest BCUT2D eigenvalue weighted by Gasteiger charge is -2.46. The van der Waals surface area contributed by atoms with Crippen LogP contribution in [-0.4, -0.2) is 29.6 Å². The summed E-state index contributed by atoms with van der Waals surface area (Å²) in [5.74, 6) is -0.203. The first-order chi connectivity index (χ1) is 13.3. The molecule has 0 saturated carbocycles. The van der Waals surface area contributed by atoms with Crippen LogP contribution in [-0.2, 0) is 12.7 Å². The van der Waals surface area contributed by atoms with Gasteiger partial charge in [-0.15, -0.1) is 0 Å². The molecule has 2 aliphatic rings. The fourth-order valence-electron chi connectivity index (χ4n) is 3.88. The molecule has 8 heteroatoms. The molecule has 1 fully saturated rings. The normalized spacial score (nSPS) is 19.1. The van der Waals surface area contributed by atoms with E-state index < -0.39 is 17.4 Å². The Labute approximate surface area is 165 Å². The SMILES string of the molecule is O=C1NC2(CCN(Cc3cccc(C(F)(F)F)c3)CC2)Nc2cccc(Cl)c21. The summed E-state index contributed by atoms with van der Waals surface area (Å²) in [4.78, 5) is 14.6. The average molecular weight is 410 g/mol. The summed E-state index contributed by atoms with van der Waals surface area (Å²) >= 11 is 6.13. The standard InChI is InChI=1S/C20H19ClF3N3O/c21-15-5-2-6-16-17(15)18(28)26-19(25-16)7-9-27(10-8-19)12-13-3-1-4-14(11-13)20(22,23)24/h1-6,11,25H,7-10,12H2,(H,26,28). The first kappa shape index (κ1) is 19.1. The van der Waals surface area contributed by atoms with Gasteiger partial charge in [-0.2, -0.15) is 13.2 Å². The molecule has 2 aliphatic heterocycles. The van der Waals surface area contributed by atoms with Gasteiger partial charge in [0.05, 0.1) is 21.8 Å². The van der Waals surface area contributed by atoms with Gasteiger partial charge in [0.1, 0.15) is 5.66 Å². The Morgan fingerprint density at radius 2 is 1.79 bits per heavy atom. The second-order valence-corrected chi connectivity index (χ2v) is 7.71. The Hall–Kier alpha value is -2.25. The molecule has 148 valence electrons. The van der Waals surface area contributed by atoms with Crippen molar-refractivity contribution in [3.63, 3.8) is 0 Å². The van der Waals surface area contributed by atoms with E-state index >= 15 is 0 Å². The van der Waals surface area contributed by atoms with Gasteiger partial charge in [0, 0.05) is 32.5 Å². The topological polar surface area (TPSA) is 44.4 Å². The van der Waals surface area contributed by atoms with Crippen molar-refractivity contribution < 1.29 is 18.0 Å². The highest BCUT2D eigenvalue weighted by Gasteiger charge is 2.40. The van der Waals surface area contributed by atoms with Gasteiger partial charge in [-0.1, -0.05) is 35.9 Å². The summed E-state index contributed by atoms with van der Waals surface area (Å²) in [7, 11) is 0. The van der Waals surface area contributed by atoms with Gasteiger partial charge in [-0.3, -0.25) is 9.69 Å². The van der Waals surface area contributed by atoms with E-state index in [9.17, 15) is 18.0 Å². The number of nitrogens with one attached hydrogen (secondary N) is 2. The van der Waals surface area contributed by atoms with Crippen molar-refractivity contribution in [3.05, 3.63) is 64.2 Å². The van der Waals surface area contributed by atoms with Crippen LogP contribution in [0.2, 0.25) is 5.02 Å². The molecule has 1 amide bonds. The molecule has 0 aromatic heterocycles. The predicted molar refractivity (Wildman–Crippen MR) is 101 cm³/mol. The molecule has 1 saturated heterocycles. The summed E-state index contributed by atoms with van der Waals surface area (Å²) in [5, 5.41) is 6.84. The van der Waals surface area contributed by atoms with Gasteiger partial charge in [0.15, 0.2) is 0 Å². The van der Waals surface area contributed by atoms with E-state index in [2.05, 4.69) is 15.5 Å². The van der Waals surface area contributed by atoms with Gasteiger partial charge in [0.25, 0.3) is 5.91 Å². The molecule has 1 spiro atoms. The predicted octanol–water partition coefficient (Wildman–Crippen LogP) is 4.51. The lowest BCUT2D eigenvalue weighted by atomic mass is 9.92. The molecule has 0 atom stereocenters. The van der Waals surface area contributed by atoms with Crippen LogP contribution in [0.1, 0.15) is 34.3 Å². The van der Waals surface area contributed by atoms with E-state index in [4.69, 9.17) is 11.6 Å². The van der Waals surface area contributed by atoms with Crippen LogP contribution in [0.3, 0.4) is 0 Å². The van der Waals surface area contributed by atoms with Crippen molar-refractivity contribution in [1.82, 2.24) is 10.2 Å². The maximum Gasteiger partial charge on any atom is 0.416 e.